The average molecular weight is 358 g/mol. The first kappa shape index (κ1) is 16.8. The smallest absolute Gasteiger partial charge is 0.269 e. The van der Waals surface area contributed by atoms with Gasteiger partial charge >= 0.3 is 0 Å². The molecule has 0 aliphatic rings. The molecule has 23 heavy (non-hydrogen) atoms. The summed E-state index contributed by atoms with van der Waals surface area (Å²) in [7, 11) is -3.48. The Morgan fingerprint density at radius 2 is 2.00 bits per heavy atom. The number of amides is 1. The summed E-state index contributed by atoms with van der Waals surface area (Å²) in [6.07, 6.45) is 0.983. The van der Waals surface area contributed by atoms with E-state index in [1.165, 1.54) is 24.3 Å². The number of carbonyl (C=O) groups is 1. The molecule has 0 unspecified atom stereocenters. The van der Waals surface area contributed by atoms with Crippen molar-refractivity contribution in [2.45, 2.75) is 4.34 Å². The number of rotatable bonds is 6. The molecule has 12 heteroatoms. The molecule has 0 radical (unpaired) electrons. The maximum atomic E-state index is 11.7. The average Bonchev–Trinajstić information content (AvgIpc) is 2.94. The highest BCUT2D eigenvalue weighted by Crippen LogP contribution is 2.20. The maximum absolute atomic E-state index is 11.7. The molecule has 1 N–H and O–H groups in total. The van der Waals surface area contributed by atoms with E-state index in [0.29, 0.717) is 0 Å². The van der Waals surface area contributed by atoms with Gasteiger partial charge in [0.25, 0.3) is 11.6 Å². The van der Waals surface area contributed by atoms with E-state index in [-0.39, 0.29) is 27.5 Å². The van der Waals surface area contributed by atoms with Crippen molar-refractivity contribution in [1.29, 1.82) is 0 Å². The van der Waals surface area contributed by atoms with Gasteiger partial charge in [-0.15, -0.1) is 10.2 Å². The Hall–Kier alpha value is -2.60. The fraction of sp³-hybridized carbons (Fsp3) is 0.182. The first-order valence-electron chi connectivity index (χ1n) is 5.96. The minimum absolute atomic E-state index is 0.0303. The molecule has 0 bridgehead atoms. The summed E-state index contributed by atoms with van der Waals surface area (Å²) in [4.78, 5) is 21.6. The van der Waals surface area contributed by atoms with Gasteiger partial charge in [-0.2, -0.15) is 0 Å². The van der Waals surface area contributed by atoms with Crippen LogP contribution in [0, 0.1) is 10.1 Å². The number of benzene rings is 1. The molecule has 0 saturated carbocycles. The summed E-state index contributed by atoms with van der Waals surface area (Å²) in [6.45, 7) is -0.369. The van der Waals surface area contributed by atoms with Crippen molar-refractivity contribution >= 4 is 37.9 Å². The van der Waals surface area contributed by atoms with Crippen LogP contribution in [-0.2, 0) is 14.6 Å². The van der Waals surface area contributed by atoms with Crippen LogP contribution in [0.1, 0.15) is 0 Å². The number of nitro benzene ring substituents is 1. The fourth-order valence-electron chi connectivity index (χ4n) is 1.38. The number of sulfone groups is 1. The lowest BCUT2D eigenvalue weighted by molar-refractivity contribution is -0.384. The van der Waals surface area contributed by atoms with Gasteiger partial charge in [-0.1, -0.05) is 11.3 Å². The molecule has 0 spiro atoms. The minimum atomic E-state index is -3.48. The molecular weight excluding hydrogens is 348 g/mol. The predicted molar refractivity (Wildman–Crippen MR) is 80.2 cm³/mol. The Morgan fingerprint density at radius 3 is 2.52 bits per heavy atom. The third kappa shape index (κ3) is 4.69. The Kier molecular flexibility index (Phi) is 4.86. The Balaban J connectivity index is 1.90. The van der Waals surface area contributed by atoms with Gasteiger partial charge in [-0.05, 0) is 12.1 Å². The summed E-state index contributed by atoms with van der Waals surface area (Å²) in [5.41, 5.74) is -0.0936. The SMILES string of the molecule is CS(=O)(=O)c1nnc(NC(=O)COc2ccc([N+](=O)[O-])cc2)s1. The molecule has 1 aromatic heterocycles. The molecule has 122 valence electrons. The van der Waals surface area contributed by atoms with E-state index in [1.54, 1.807) is 0 Å². The zero-order valence-electron chi connectivity index (χ0n) is 11.6. The second kappa shape index (κ2) is 6.66. The third-order valence-corrected chi connectivity index (χ3v) is 4.90. The second-order valence-corrected chi connectivity index (χ2v) is 7.40. The highest BCUT2D eigenvalue weighted by molar-refractivity contribution is 7.92. The molecule has 1 amide bonds. The monoisotopic (exact) mass is 358 g/mol. The van der Waals surface area contributed by atoms with Crippen molar-refractivity contribution in [2.24, 2.45) is 0 Å². The number of aromatic nitrogens is 2. The molecule has 0 atom stereocenters. The number of non-ortho nitro benzene ring substituents is 1. The molecule has 2 aromatic rings. The van der Waals surface area contributed by atoms with Gasteiger partial charge < -0.3 is 4.74 Å². The van der Waals surface area contributed by atoms with E-state index in [4.69, 9.17) is 4.74 Å². The molecule has 1 heterocycles. The highest BCUT2D eigenvalue weighted by Gasteiger charge is 2.16. The molecule has 2 rings (SSSR count). The first-order valence-corrected chi connectivity index (χ1v) is 8.67. The summed E-state index contributed by atoms with van der Waals surface area (Å²) in [6, 6.07) is 5.21. The number of nitro groups is 1. The van der Waals surface area contributed by atoms with Crippen LogP contribution in [0.25, 0.3) is 0 Å². The normalized spacial score (nSPS) is 11.0. The van der Waals surface area contributed by atoms with Crippen LogP contribution in [-0.4, -0.2) is 42.3 Å². The summed E-state index contributed by atoms with van der Waals surface area (Å²) in [5.74, 6) is -0.292. The number of carbonyl (C=O) groups excluding carboxylic acids is 1. The number of anilines is 1. The van der Waals surface area contributed by atoms with E-state index >= 15 is 0 Å². The molecule has 0 fully saturated rings. The van der Waals surface area contributed by atoms with E-state index in [2.05, 4.69) is 15.5 Å². The second-order valence-electron chi connectivity index (χ2n) is 4.23. The summed E-state index contributed by atoms with van der Waals surface area (Å²) < 4.78 is 27.4. The molecule has 0 aliphatic carbocycles. The number of nitrogens with zero attached hydrogens (tertiary/aromatic N) is 3. The van der Waals surface area contributed by atoms with E-state index in [1.807, 2.05) is 0 Å². The molecule has 10 nitrogen and oxygen atoms in total. The lowest BCUT2D eigenvalue weighted by Gasteiger charge is -2.05. The van der Waals surface area contributed by atoms with Crippen molar-refractivity contribution in [2.75, 3.05) is 18.2 Å². The first-order chi connectivity index (χ1) is 10.8. The Bertz CT molecular complexity index is 830. The van der Waals surface area contributed by atoms with E-state index in [9.17, 15) is 23.3 Å². The third-order valence-electron chi connectivity index (χ3n) is 2.39. The zero-order chi connectivity index (χ0) is 17.0. The topological polar surface area (TPSA) is 141 Å². The van der Waals surface area contributed by atoms with Crippen molar-refractivity contribution in [3.05, 3.63) is 34.4 Å². The fourth-order valence-corrected chi connectivity index (χ4v) is 2.90. The molecular formula is C11H10N4O6S2. The molecule has 0 aliphatic heterocycles. The number of ether oxygens (including phenoxy) is 1. The maximum Gasteiger partial charge on any atom is 0.269 e. The Labute approximate surface area is 134 Å². The quantitative estimate of drug-likeness (QED) is 0.455. The van der Waals surface area contributed by atoms with Gasteiger partial charge in [0.1, 0.15) is 5.75 Å². The van der Waals surface area contributed by atoms with Gasteiger partial charge in [0.15, 0.2) is 6.61 Å². The van der Waals surface area contributed by atoms with Crippen molar-refractivity contribution in [3.8, 4) is 5.75 Å². The van der Waals surface area contributed by atoms with Crippen molar-refractivity contribution in [1.82, 2.24) is 10.2 Å². The number of hydrogen-bond acceptors (Lipinski definition) is 9. The van der Waals surface area contributed by atoms with Crippen LogP contribution in [0.3, 0.4) is 0 Å². The van der Waals surface area contributed by atoms with E-state index < -0.39 is 20.7 Å². The van der Waals surface area contributed by atoms with Crippen molar-refractivity contribution in [3.63, 3.8) is 0 Å². The summed E-state index contributed by atoms with van der Waals surface area (Å²) >= 11 is 0.722. The summed E-state index contributed by atoms with van der Waals surface area (Å²) in [5, 5.41) is 19.9. The molecule has 1 aromatic carbocycles. The van der Waals surface area contributed by atoms with Crippen LogP contribution in [0.2, 0.25) is 0 Å². The van der Waals surface area contributed by atoms with Crippen LogP contribution in [0.5, 0.6) is 5.75 Å². The highest BCUT2D eigenvalue weighted by atomic mass is 32.2. The van der Waals surface area contributed by atoms with Crippen LogP contribution in [0.15, 0.2) is 28.6 Å². The lowest BCUT2D eigenvalue weighted by Crippen LogP contribution is -2.20. The number of nitrogens with one attached hydrogen (secondary N) is 1. The lowest BCUT2D eigenvalue weighted by atomic mass is 10.3. The zero-order valence-corrected chi connectivity index (χ0v) is 13.3. The van der Waals surface area contributed by atoms with Crippen molar-refractivity contribution < 1.29 is 22.9 Å². The van der Waals surface area contributed by atoms with Crippen LogP contribution >= 0.6 is 11.3 Å². The van der Waals surface area contributed by atoms with Gasteiger partial charge in [-0.3, -0.25) is 20.2 Å². The minimum Gasteiger partial charge on any atom is -0.484 e. The van der Waals surface area contributed by atoms with Crippen LogP contribution in [0.4, 0.5) is 10.8 Å². The van der Waals surface area contributed by atoms with Gasteiger partial charge in [0, 0.05) is 18.4 Å². The van der Waals surface area contributed by atoms with Gasteiger partial charge in [0.05, 0.1) is 4.92 Å². The largest absolute Gasteiger partial charge is 0.484 e. The number of hydrogen-bond donors (Lipinski definition) is 1. The molecule has 0 saturated heterocycles. The van der Waals surface area contributed by atoms with E-state index in [0.717, 1.165) is 17.6 Å². The van der Waals surface area contributed by atoms with Crippen LogP contribution < -0.4 is 10.1 Å². The Morgan fingerprint density at radius 1 is 1.35 bits per heavy atom. The van der Waals surface area contributed by atoms with Gasteiger partial charge in [0.2, 0.25) is 19.3 Å². The van der Waals surface area contributed by atoms with Gasteiger partial charge in [-0.25, -0.2) is 8.42 Å². The standard InChI is InChI=1S/C11H10N4O6S2/c1-23(19,20)11-14-13-10(22-11)12-9(16)6-21-8-4-2-7(3-5-8)15(17)18/h2-5H,6H2,1H3,(H,12,13,16). The predicted octanol–water partition coefficient (Wildman–Crippen LogP) is 0.867.